The van der Waals surface area contributed by atoms with E-state index in [-0.39, 0.29) is 22.7 Å². The second-order valence-electron chi connectivity index (χ2n) is 10.8. The number of fused-ring (bicyclic) bond motifs is 1. The van der Waals surface area contributed by atoms with Crippen molar-refractivity contribution >= 4 is 40.6 Å². The second-order valence-corrected chi connectivity index (χ2v) is 11.2. The molecule has 43 heavy (non-hydrogen) atoms. The lowest BCUT2D eigenvalue weighted by atomic mass is 10.0. The van der Waals surface area contributed by atoms with Crippen molar-refractivity contribution in [2.24, 2.45) is 0 Å². The molecule has 0 aliphatic heterocycles. The highest BCUT2D eigenvalue weighted by atomic mass is 35.5. The number of ether oxygens (including phenoxy) is 2. The molecule has 4 aromatic rings. The zero-order valence-corrected chi connectivity index (χ0v) is 25.7. The van der Waals surface area contributed by atoms with Crippen LogP contribution in [0.25, 0.3) is 28.2 Å². The molecule has 222 valence electrons. The SMILES string of the molecule is CNc1ncc2cc(-c3cc(OC)cc(OC)c3Cl)c(=O)n(CCc3cccc(C=C(C#N)C(=O)NC(C)(C)C)c3)c2n1. The molecule has 0 unspecified atom stereocenters. The van der Waals surface area contributed by atoms with Crippen LogP contribution in [-0.2, 0) is 17.8 Å². The van der Waals surface area contributed by atoms with Crippen LogP contribution in [0.2, 0.25) is 5.02 Å². The van der Waals surface area contributed by atoms with Crippen LogP contribution in [-0.4, -0.2) is 47.2 Å². The minimum Gasteiger partial charge on any atom is -0.497 e. The van der Waals surface area contributed by atoms with Crippen LogP contribution in [0.1, 0.15) is 31.9 Å². The Morgan fingerprint density at radius 1 is 1.14 bits per heavy atom. The molecule has 0 saturated heterocycles. The van der Waals surface area contributed by atoms with Crippen molar-refractivity contribution in [3.8, 4) is 28.7 Å². The number of aryl methyl sites for hydroxylation is 2. The summed E-state index contributed by atoms with van der Waals surface area (Å²) in [7, 11) is 4.73. The fourth-order valence-electron chi connectivity index (χ4n) is 4.52. The zero-order valence-electron chi connectivity index (χ0n) is 24.9. The van der Waals surface area contributed by atoms with Crippen molar-refractivity contribution in [2.75, 3.05) is 26.6 Å². The summed E-state index contributed by atoms with van der Waals surface area (Å²) in [5.74, 6) is 0.797. The average molecular weight is 601 g/mol. The van der Waals surface area contributed by atoms with Gasteiger partial charge >= 0.3 is 0 Å². The van der Waals surface area contributed by atoms with Crippen LogP contribution in [0.3, 0.4) is 0 Å². The number of pyridine rings is 1. The molecule has 2 N–H and O–H groups in total. The van der Waals surface area contributed by atoms with E-state index in [1.165, 1.54) is 14.2 Å². The Bertz CT molecular complexity index is 1820. The number of amides is 1. The predicted octanol–water partition coefficient (Wildman–Crippen LogP) is 5.24. The van der Waals surface area contributed by atoms with E-state index in [0.29, 0.717) is 51.6 Å². The van der Waals surface area contributed by atoms with Crippen LogP contribution in [0.4, 0.5) is 5.95 Å². The molecule has 0 radical (unpaired) electrons. The molecule has 0 atom stereocenters. The Kier molecular flexibility index (Phi) is 9.37. The highest BCUT2D eigenvalue weighted by Gasteiger charge is 2.20. The minimum absolute atomic E-state index is 0.00359. The summed E-state index contributed by atoms with van der Waals surface area (Å²) in [5.41, 5.74) is 2.08. The van der Waals surface area contributed by atoms with E-state index >= 15 is 0 Å². The lowest BCUT2D eigenvalue weighted by Crippen LogP contribution is -2.41. The highest BCUT2D eigenvalue weighted by Crippen LogP contribution is 2.38. The van der Waals surface area contributed by atoms with Gasteiger partial charge < -0.3 is 20.1 Å². The van der Waals surface area contributed by atoms with Gasteiger partial charge in [-0.3, -0.25) is 14.2 Å². The van der Waals surface area contributed by atoms with E-state index in [2.05, 4.69) is 20.6 Å². The van der Waals surface area contributed by atoms with Gasteiger partial charge in [-0.05, 0) is 56.5 Å². The van der Waals surface area contributed by atoms with E-state index in [0.717, 1.165) is 5.56 Å². The van der Waals surface area contributed by atoms with Gasteiger partial charge in [-0.15, -0.1) is 0 Å². The fraction of sp³-hybridized carbons (Fsp3) is 0.281. The smallest absolute Gasteiger partial charge is 0.262 e. The van der Waals surface area contributed by atoms with Crippen molar-refractivity contribution < 1.29 is 14.3 Å². The number of benzene rings is 2. The number of aromatic nitrogens is 3. The van der Waals surface area contributed by atoms with Gasteiger partial charge in [0.15, 0.2) is 0 Å². The van der Waals surface area contributed by atoms with E-state index in [4.69, 9.17) is 21.1 Å². The monoisotopic (exact) mass is 600 g/mol. The zero-order chi connectivity index (χ0) is 31.3. The van der Waals surface area contributed by atoms with Gasteiger partial charge in [0.05, 0.1) is 19.2 Å². The first-order valence-corrected chi connectivity index (χ1v) is 13.9. The molecule has 11 heteroatoms. The van der Waals surface area contributed by atoms with Crippen molar-refractivity contribution in [3.05, 3.63) is 80.7 Å². The number of anilines is 1. The van der Waals surface area contributed by atoms with Gasteiger partial charge in [0.25, 0.3) is 11.5 Å². The molecule has 0 spiro atoms. The van der Waals surface area contributed by atoms with E-state index in [1.54, 1.807) is 42.1 Å². The third kappa shape index (κ3) is 7.13. The molecule has 0 aliphatic carbocycles. The van der Waals surface area contributed by atoms with Crippen molar-refractivity contribution in [2.45, 2.75) is 39.3 Å². The van der Waals surface area contributed by atoms with E-state index in [1.807, 2.05) is 51.1 Å². The van der Waals surface area contributed by atoms with Gasteiger partial charge in [0.1, 0.15) is 28.8 Å². The van der Waals surface area contributed by atoms with Crippen LogP contribution < -0.4 is 25.7 Å². The van der Waals surface area contributed by atoms with Crippen molar-refractivity contribution in [3.63, 3.8) is 0 Å². The summed E-state index contributed by atoms with van der Waals surface area (Å²) in [6, 6.07) is 14.5. The van der Waals surface area contributed by atoms with Gasteiger partial charge in [-0.2, -0.15) is 10.2 Å². The van der Waals surface area contributed by atoms with Crippen molar-refractivity contribution in [1.29, 1.82) is 5.26 Å². The Balaban J connectivity index is 1.77. The maximum Gasteiger partial charge on any atom is 0.262 e. The van der Waals surface area contributed by atoms with Crippen LogP contribution in [0, 0.1) is 11.3 Å². The fourth-order valence-corrected chi connectivity index (χ4v) is 4.81. The van der Waals surface area contributed by atoms with Gasteiger partial charge in [0.2, 0.25) is 5.95 Å². The van der Waals surface area contributed by atoms with E-state index in [9.17, 15) is 14.9 Å². The summed E-state index contributed by atoms with van der Waals surface area (Å²) in [6.07, 6.45) is 3.66. The number of rotatable bonds is 9. The molecule has 0 bridgehead atoms. The Labute approximate surface area is 254 Å². The van der Waals surface area contributed by atoms with Crippen LogP contribution in [0.5, 0.6) is 11.5 Å². The van der Waals surface area contributed by atoms with Gasteiger partial charge in [-0.25, -0.2) is 4.98 Å². The molecule has 0 fully saturated rings. The first-order valence-electron chi connectivity index (χ1n) is 13.5. The summed E-state index contributed by atoms with van der Waals surface area (Å²) < 4.78 is 12.4. The molecule has 2 aromatic heterocycles. The molecule has 2 heterocycles. The number of nitriles is 1. The second kappa shape index (κ2) is 13.0. The number of methoxy groups -OCH3 is 2. The number of carbonyl (C=O) groups excluding carboxylic acids is 1. The maximum absolute atomic E-state index is 14.0. The number of halogens is 1. The third-order valence-electron chi connectivity index (χ3n) is 6.55. The number of carbonyl (C=O) groups is 1. The highest BCUT2D eigenvalue weighted by molar-refractivity contribution is 6.35. The minimum atomic E-state index is -0.476. The maximum atomic E-state index is 14.0. The van der Waals surface area contributed by atoms with Crippen molar-refractivity contribution in [1.82, 2.24) is 19.9 Å². The van der Waals surface area contributed by atoms with Gasteiger partial charge in [-0.1, -0.05) is 35.9 Å². The third-order valence-corrected chi connectivity index (χ3v) is 6.94. The summed E-state index contributed by atoms with van der Waals surface area (Å²) in [4.78, 5) is 35.5. The average Bonchev–Trinajstić information content (AvgIpc) is 2.98. The first-order chi connectivity index (χ1) is 20.5. The molecule has 0 saturated carbocycles. The van der Waals surface area contributed by atoms with Gasteiger partial charge in [0, 0.05) is 47.9 Å². The molecular weight excluding hydrogens is 568 g/mol. The quantitative estimate of drug-likeness (QED) is 0.197. The van der Waals surface area contributed by atoms with Crippen LogP contribution in [0.15, 0.2) is 59.0 Å². The Morgan fingerprint density at radius 3 is 2.56 bits per heavy atom. The summed E-state index contributed by atoms with van der Waals surface area (Å²) in [5, 5.41) is 16.3. The molecular formula is C32H33ClN6O4. The first kappa shape index (κ1) is 31.1. The Hall–Kier alpha value is -4.88. The van der Waals surface area contributed by atoms with E-state index < -0.39 is 11.4 Å². The topological polar surface area (TPSA) is 131 Å². The standard InChI is InChI=1S/C32H33ClN6O4/c1-32(2,3)38-29(40)21(17-34)13-20-9-7-8-19(12-20)10-11-39-28-22(18-36-31(35-4)37-28)14-25(30(39)41)24-15-23(42-5)16-26(43-6)27(24)33/h7-9,12-16,18H,10-11H2,1-6H3,(H,38,40)(H,35,36,37). The summed E-state index contributed by atoms with van der Waals surface area (Å²) in [6.45, 7) is 5.84. The number of nitrogens with zero attached hydrogens (tertiary/aromatic N) is 4. The molecule has 10 nitrogen and oxygen atoms in total. The number of hydrogen-bond acceptors (Lipinski definition) is 8. The Morgan fingerprint density at radius 2 is 1.91 bits per heavy atom. The summed E-state index contributed by atoms with van der Waals surface area (Å²) >= 11 is 6.67. The molecule has 0 aliphatic rings. The molecule has 4 rings (SSSR count). The largest absolute Gasteiger partial charge is 0.497 e. The lowest BCUT2D eigenvalue weighted by Gasteiger charge is -2.20. The van der Waals surface area contributed by atoms with Crippen LogP contribution >= 0.6 is 11.6 Å². The molecule has 2 aromatic carbocycles. The predicted molar refractivity (Wildman–Crippen MR) is 169 cm³/mol. The lowest BCUT2D eigenvalue weighted by molar-refractivity contribution is -0.118. The normalized spacial score (nSPS) is 11.6. The molecule has 1 amide bonds. The number of nitrogens with one attached hydrogen (secondary N) is 2. The number of hydrogen-bond donors (Lipinski definition) is 2.